The van der Waals surface area contributed by atoms with E-state index in [-0.39, 0.29) is 22.4 Å². The Kier molecular flexibility index (Phi) is 11.6. The molecule has 0 spiro atoms. The summed E-state index contributed by atoms with van der Waals surface area (Å²) in [6, 6.07) is 40.5. The molecule has 0 atom stereocenters. The molecule has 1 radical (unpaired) electrons. The molecule has 4 nitrogen and oxygen atoms in total. The number of benzene rings is 5. The van der Waals surface area contributed by atoms with E-state index in [1.807, 2.05) is 12.1 Å². The van der Waals surface area contributed by atoms with Gasteiger partial charge in [0.2, 0.25) is 0 Å². The Morgan fingerprint density at radius 1 is 0.490 bits per heavy atom. The molecule has 1 aromatic heterocycles. The third-order valence-electron chi connectivity index (χ3n) is 9.18. The Hall–Kier alpha value is -4.09. The molecule has 1 aliphatic heterocycles. The van der Waals surface area contributed by atoms with Gasteiger partial charge in [0.05, 0.1) is 0 Å². The van der Waals surface area contributed by atoms with Crippen LogP contribution in [0.1, 0.15) is 107 Å². The summed E-state index contributed by atoms with van der Waals surface area (Å²) in [6.45, 7) is 20.4. The molecule has 7 rings (SSSR count). The number of anilines is 2. The van der Waals surface area contributed by atoms with E-state index in [0.29, 0.717) is 23.7 Å². The van der Waals surface area contributed by atoms with Gasteiger partial charge < -0.3 is 14.9 Å². The van der Waals surface area contributed by atoms with Gasteiger partial charge in [-0.15, -0.1) is 17.7 Å². The maximum Gasteiger partial charge on any atom is 0.129 e. The molecule has 0 N–H and O–H groups in total. The summed E-state index contributed by atoms with van der Waals surface area (Å²) < 4.78 is 0. The van der Waals surface area contributed by atoms with E-state index in [1.165, 1.54) is 44.4 Å². The second-order valence-corrected chi connectivity index (χ2v) is 14.0. The summed E-state index contributed by atoms with van der Waals surface area (Å²) in [5.41, 5.74) is 11.1. The molecule has 0 saturated carbocycles. The first-order valence-corrected chi connectivity index (χ1v) is 17.4. The molecule has 0 saturated heterocycles. The normalized spacial score (nSPS) is 13.0. The van der Waals surface area contributed by atoms with Gasteiger partial charge >= 0.3 is 0 Å². The van der Waals surface area contributed by atoms with E-state index >= 15 is 0 Å². The van der Waals surface area contributed by atoms with Gasteiger partial charge in [-0.3, -0.25) is 0 Å². The number of para-hydroxylation sites is 4. The third-order valence-corrected chi connectivity index (χ3v) is 9.18. The second kappa shape index (κ2) is 15.6. The molecule has 0 fully saturated rings. The van der Waals surface area contributed by atoms with Crippen LogP contribution in [0.15, 0.2) is 120 Å². The van der Waals surface area contributed by atoms with E-state index in [9.17, 15) is 0 Å². The summed E-state index contributed by atoms with van der Waals surface area (Å²) in [5, 5.41) is 9.92. The van der Waals surface area contributed by atoms with Gasteiger partial charge in [0.15, 0.2) is 0 Å². The van der Waals surface area contributed by atoms with Gasteiger partial charge in [-0.25, -0.2) is 0 Å². The quantitative estimate of drug-likeness (QED) is 0.119. The molecule has 2 heterocycles. The molecule has 5 aromatic carbocycles. The number of aromatic nitrogens is 1. The van der Waals surface area contributed by atoms with Gasteiger partial charge in [0.1, 0.15) is 5.84 Å². The van der Waals surface area contributed by atoms with E-state index in [0.717, 1.165) is 22.4 Å². The summed E-state index contributed by atoms with van der Waals surface area (Å²) in [6.07, 6.45) is 0. The monoisotopic (exact) mass is 829 g/mol. The van der Waals surface area contributed by atoms with Crippen LogP contribution in [-0.4, -0.2) is 5.84 Å². The molecular formula is C44H48AuN4-2. The van der Waals surface area contributed by atoms with Gasteiger partial charge in [-0.1, -0.05) is 171 Å². The topological polar surface area (TPSA) is 32.9 Å². The fourth-order valence-electron chi connectivity index (χ4n) is 6.69. The van der Waals surface area contributed by atoms with Crippen LogP contribution in [-0.2, 0) is 22.4 Å². The Labute approximate surface area is 308 Å². The number of hydrogen-bond acceptors (Lipinski definition) is 3. The van der Waals surface area contributed by atoms with Crippen molar-refractivity contribution in [3.63, 3.8) is 0 Å². The molecule has 6 aromatic rings. The van der Waals surface area contributed by atoms with Crippen LogP contribution < -0.4 is 14.9 Å². The minimum Gasteiger partial charge on any atom is -0.657 e. The van der Waals surface area contributed by atoms with Gasteiger partial charge in [-0.2, -0.15) is 5.10 Å². The van der Waals surface area contributed by atoms with Crippen molar-refractivity contribution in [3.8, 4) is 0 Å². The molecule has 5 heteroatoms. The van der Waals surface area contributed by atoms with Gasteiger partial charge in [-0.05, 0) is 56.7 Å². The Bertz CT molecular complexity index is 1930. The van der Waals surface area contributed by atoms with Gasteiger partial charge in [0.25, 0.3) is 0 Å². The minimum absolute atomic E-state index is 0. The van der Waals surface area contributed by atoms with Gasteiger partial charge in [0, 0.05) is 39.3 Å². The van der Waals surface area contributed by atoms with E-state index < -0.39 is 0 Å². The van der Waals surface area contributed by atoms with Crippen LogP contribution in [0.25, 0.3) is 21.8 Å². The predicted molar refractivity (Wildman–Crippen MR) is 206 cm³/mol. The zero-order chi connectivity index (χ0) is 33.9. The van der Waals surface area contributed by atoms with Crippen molar-refractivity contribution in [1.82, 2.24) is 4.98 Å². The van der Waals surface area contributed by atoms with Crippen LogP contribution in [0.5, 0.6) is 0 Å². The van der Waals surface area contributed by atoms with E-state index in [1.54, 1.807) is 0 Å². The maximum absolute atomic E-state index is 5.29. The first kappa shape index (κ1) is 36.2. The number of fused-ring (bicyclic) bond motifs is 3. The first-order valence-electron chi connectivity index (χ1n) is 17.4. The van der Waals surface area contributed by atoms with Crippen molar-refractivity contribution in [1.29, 1.82) is 0 Å². The third kappa shape index (κ3) is 7.43. The Balaban J connectivity index is 0.000000277. The van der Waals surface area contributed by atoms with Crippen molar-refractivity contribution in [2.45, 2.75) is 79.1 Å². The molecule has 0 aliphatic carbocycles. The largest absolute Gasteiger partial charge is 0.657 e. The average Bonchev–Trinajstić information content (AvgIpc) is 3.70. The van der Waals surface area contributed by atoms with Crippen molar-refractivity contribution in [2.24, 2.45) is 5.10 Å². The summed E-state index contributed by atoms with van der Waals surface area (Å²) in [5.74, 6) is 2.56. The standard InChI is InChI=1S/C32H40N3.C12H8N.Au/c1-21(2)26-16-12-17-27(22(3)4)30(26)34-20-35(33-32(34)25-14-10-9-11-15-25)31-28(23(5)6)18-13-19-29(31)24(7)8;1-3-7-11-9(5-1)10-6-2-4-8-12(10)13-11;/h9-24H,1-8H3;1-8H;/q2*-1;. The molecule has 0 bridgehead atoms. The van der Waals surface area contributed by atoms with Crippen LogP contribution >= 0.6 is 0 Å². The van der Waals surface area contributed by atoms with Crippen molar-refractivity contribution >= 4 is 39.0 Å². The second-order valence-electron chi connectivity index (χ2n) is 14.0. The zero-order valence-corrected chi connectivity index (χ0v) is 32.1. The molecule has 0 amide bonds. The minimum atomic E-state index is 0. The summed E-state index contributed by atoms with van der Waals surface area (Å²) in [4.78, 5) is 6.85. The van der Waals surface area contributed by atoms with Crippen LogP contribution in [0.3, 0.4) is 0 Å². The van der Waals surface area contributed by atoms with Crippen LogP contribution in [0.2, 0.25) is 0 Å². The molecule has 257 valence electrons. The fourth-order valence-corrected chi connectivity index (χ4v) is 6.69. The Morgan fingerprint density at radius 2 is 0.898 bits per heavy atom. The summed E-state index contributed by atoms with van der Waals surface area (Å²) >= 11 is 0. The average molecular weight is 830 g/mol. The number of hydrazone groups is 1. The van der Waals surface area contributed by atoms with Crippen LogP contribution in [0, 0.1) is 6.67 Å². The maximum atomic E-state index is 5.29. The van der Waals surface area contributed by atoms with E-state index in [4.69, 9.17) is 5.10 Å². The number of hydrogen-bond donors (Lipinski definition) is 0. The smallest absolute Gasteiger partial charge is 0.129 e. The SMILES string of the molecule is CC(C)c1cccc(C(C)C)c1N1[CH-]N(c2c(C(C)C)cccc2C(C)C)C(c2ccccc2)=N1.[Au].c1ccc2c(c1)[n-]c1ccccc12. The number of rotatable bonds is 7. The molecule has 0 unspecified atom stereocenters. The molecular weight excluding hydrogens is 781 g/mol. The first-order chi connectivity index (χ1) is 23.2. The van der Waals surface area contributed by atoms with Crippen LogP contribution in [0.4, 0.5) is 11.4 Å². The Morgan fingerprint density at radius 3 is 1.35 bits per heavy atom. The molecule has 1 aliphatic rings. The van der Waals surface area contributed by atoms with Crippen molar-refractivity contribution < 1.29 is 22.4 Å². The van der Waals surface area contributed by atoms with Crippen molar-refractivity contribution in [2.75, 3.05) is 9.91 Å². The fraction of sp³-hybridized carbons (Fsp3) is 0.273. The van der Waals surface area contributed by atoms with Crippen molar-refractivity contribution in [3.05, 3.63) is 150 Å². The van der Waals surface area contributed by atoms with E-state index in [2.05, 4.69) is 180 Å². The zero-order valence-electron chi connectivity index (χ0n) is 29.9. The number of nitrogens with zero attached hydrogens (tertiary/aromatic N) is 4. The predicted octanol–water partition coefficient (Wildman–Crippen LogP) is 11.9. The number of amidine groups is 1. The molecule has 49 heavy (non-hydrogen) atoms. The summed E-state index contributed by atoms with van der Waals surface area (Å²) in [7, 11) is 0.